The minimum absolute atomic E-state index is 0.731. The van der Waals surface area contributed by atoms with Gasteiger partial charge in [-0.15, -0.1) is 0 Å². The molecule has 1 aliphatic rings. The molecule has 0 amide bonds. The lowest BCUT2D eigenvalue weighted by molar-refractivity contribution is 0.277. The molecular weight excluding hydrogens is 272 g/mol. The number of hydrogen-bond donors (Lipinski definition) is 1. The quantitative estimate of drug-likeness (QED) is 0.517. The van der Waals surface area contributed by atoms with E-state index in [9.17, 15) is 0 Å². The van der Waals surface area contributed by atoms with E-state index in [1.54, 1.807) is 0 Å². The molecule has 1 aromatic rings. The molecule has 1 fully saturated rings. The lowest BCUT2D eigenvalue weighted by Crippen LogP contribution is -2.42. The zero-order valence-electron chi connectivity index (χ0n) is 14.3. The molecule has 0 atom stereocenters. The standard InChI is InChI=1S/C18H30N4/c1-15-10-13-22(14-11-15)18(19)20-12-4-5-16-6-8-17(9-7-16)21(2)3/h6-9,15H,4-5,10-14H2,1-3H3,(H2,19,20). The number of nitrogens with two attached hydrogens (primary N) is 1. The Balaban J connectivity index is 1.72. The lowest BCUT2D eigenvalue weighted by atomic mass is 10.00. The number of piperidine rings is 1. The number of aryl methyl sites for hydroxylation is 1. The van der Waals surface area contributed by atoms with Crippen molar-refractivity contribution in [3.8, 4) is 0 Å². The van der Waals surface area contributed by atoms with Gasteiger partial charge in [-0.05, 0) is 49.3 Å². The highest BCUT2D eigenvalue weighted by molar-refractivity contribution is 5.78. The Hall–Kier alpha value is -1.71. The average molecular weight is 302 g/mol. The summed E-state index contributed by atoms with van der Waals surface area (Å²) in [7, 11) is 4.13. The van der Waals surface area contributed by atoms with Crippen LogP contribution in [-0.2, 0) is 6.42 Å². The highest BCUT2D eigenvalue weighted by atomic mass is 15.3. The summed E-state index contributed by atoms with van der Waals surface area (Å²) in [5.74, 6) is 1.56. The molecular formula is C18H30N4. The summed E-state index contributed by atoms with van der Waals surface area (Å²) in [5, 5.41) is 0. The third kappa shape index (κ3) is 4.93. The molecule has 2 rings (SSSR count). The van der Waals surface area contributed by atoms with Gasteiger partial charge < -0.3 is 15.5 Å². The summed E-state index contributed by atoms with van der Waals surface area (Å²) in [6.45, 7) is 5.24. The van der Waals surface area contributed by atoms with Crippen LogP contribution >= 0.6 is 0 Å². The molecule has 0 unspecified atom stereocenters. The fraction of sp³-hybridized carbons (Fsp3) is 0.611. The molecule has 0 bridgehead atoms. The molecule has 4 nitrogen and oxygen atoms in total. The smallest absolute Gasteiger partial charge is 0.191 e. The number of likely N-dealkylation sites (tertiary alicyclic amines) is 1. The second-order valence-electron chi connectivity index (χ2n) is 6.57. The summed E-state index contributed by atoms with van der Waals surface area (Å²) in [5.41, 5.74) is 8.70. The van der Waals surface area contributed by atoms with Gasteiger partial charge in [-0.1, -0.05) is 19.1 Å². The fourth-order valence-electron chi connectivity index (χ4n) is 2.78. The second kappa shape index (κ2) is 8.06. The Bertz CT molecular complexity index is 470. The van der Waals surface area contributed by atoms with Crippen LogP contribution in [0.3, 0.4) is 0 Å². The van der Waals surface area contributed by atoms with Crippen molar-refractivity contribution in [3.05, 3.63) is 29.8 Å². The third-order valence-electron chi connectivity index (χ3n) is 4.46. The number of anilines is 1. The van der Waals surface area contributed by atoms with E-state index in [4.69, 9.17) is 5.73 Å². The predicted octanol–water partition coefficient (Wildman–Crippen LogP) is 2.73. The first-order valence-corrected chi connectivity index (χ1v) is 8.37. The van der Waals surface area contributed by atoms with Crippen LogP contribution in [0.4, 0.5) is 5.69 Å². The monoisotopic (exact) mass is 302 g/mol. The molecule has 1 saturated heterocycles. The Morgan fingerprint density at radius 1 is 1.23 bits per heavy atom. The number of guanidine groups is 1. The van der Waals surface area contributed by atoms with Crippen molar-refractivity contribution in [3.63, 3.8) is 0 Å². The maximum atomic E-state index is 6.10. The zero-order valence-corrected chi connectivity index (χ0v) is 14.3. The molecule has 0 saturated carbocycles. The van der Waals surface area contributed by atoms with Gasteiger partial charge in [0.1, 0.15) is 0 Å². The largest absolute Gasteiger partial charge is 0.378 e. The van der Waals surface area contributed by atoms with E-state index in [1.807, 2.05) is 0 Å². The highest BCUT2D eigenvalue weighted by Crippen LogP contribution is 2.16. The van der Waals surface area contributed by atoms with E-state index in [2.05, 4.69) is 60.1 Å². The fourth-order valence-corrected chi connectivity index (χ4v) is 2.78. The molecule has 4 heteroatoms. The normalized spacial score (nSPS) is 16.9. The predicted molar refractivity (Wildman–Crippen MR) is 95.6 cm³/mol. The zero-order chi connectivity index (χ0) is 15.9. The minimum atomic E-state index is 0.731. The van der Waals surface area contributed by atoms with Crippen molar-refractivity contribution < 1.29 is 0 Å². The third-order valence-corrected chi connectivity index (χ3v) is 4.46. The molecule has 122 valence electrons. The minimum Gasteiger partial charge on any atom is -0.378 e. The first-order chi connectivity index (χ1) is 10.6. The van der Waals surface area contributed by atoms with Crippen LogP contribution in [0.1, 0.15) is 31.7 Å². The van der Waals surface area contributed by atoms with Crippen molar-refractivity contribution in [2.75, 3.05) is 38.6 Å². The Morgan fingerprint density at radius 3 is 2.45 bits per heavy atom. The topological polar surface area (TPSA) is 44.9 Å². The van der Waals surface area contributed by atoms with Gasteiger partial charge in [0.25, 0.3) is 0 Å². The Morgan fingerprint density at radius 2 is 1.86 bits per heavy atom. The van der Waals surface area contributed by atoms with E-state index in [-0.39, 0.29) is 0 Å². The maximum absolute atomic E-state index is 6.10. The first kappa shape index (κ1) is 16.7. The maximum Gasteiger partial charge on any atom is 0.191 e. The van der Waals surface area contributed by atoms with Crippen molar-refractivity contribution in [1.82, 2.24) is 4.90 Å². The van der Waals surface area contributed by atoms with Crippen molar-refractivity contribution in [1.29, 1.82) is 0 Å². The van der Waals surface area contributed by atoms with Gasteiger partial charge in [0, 0.05) is 39.4 Å². The summed E-state index contributed by atoms with van der Waals surface area (Å²) >= 11 is 0. The Kier molecular flexibility index (Phi) is 6.10. The van der Waals surface area contributed by atoms with Gasteiger partial charge in [-0.2, -0.15) is 0 Å². The van der Waals surface area contributed by atoms with E-state index < -0.39 is 0 Å². The molecule has 2 N–H and O–H groups in total. The SMILES string of the molecule is CC1CCN(C(N)=NCCCc2ccc(N(C)C)cc2)CC1. The van der Waals surface area contributed by atoms with Crippen molar-refractivity contribution in [2.24, 2.45) is 16.6 Å². The molecule has 1 aromatic carbocycles. The second-order valence-corrected chi connectivity index (χ2v) is 6.57. The molecule has 1 heterocycles. The van der Waals surface area contributed by atoms with Gasteiger partial charge in [0.15, 0.2) is 5.96 Å². The summed E-state index contributed by atoms with van der Waals surface area (Å²) < 4.78 is 0. The van der Waals surface area contributed by atoms with E-state index in [1.165, 1.54) is 24.1 Å². The Labute approximate surface area is 135 Å². The van der Waals surface area contributed by atoms with Crippen molar-refractivity contribution in [2.45, 2.75) is 32.6 Å². The molecule has 22 heavy (non-hydrogen) atoms. The van der Waals surface area contributed by atoms with E-state index >= 15 is 0 Å². The molecule has 0 aliphatic carbocycles. The van der Waals surface area contributed by atoms with Crippen molar-refractivity contribution >= 4 is 11.6 Å². The first-order valence-electron chi connectivity index (χ1n) is 8.37. The van der Waals surface area contributed by atoms with Gasteiger partial charge in [0.2, 0.25) is 0 Å². The van der Waals surface area contributed by atoms with Crippen LogP contribution in [0.5, 0.6) is 0 Å². The number of aliphatic imine (C=N–C) groups is 1. The summed E-state index contributed by atoms with van der Waals surface area (Å²) in [6.07, 6.45) is 4.57. The van der Waals surface area contributed by atoms with Crippen LogP contribution in [0.2, 0.25) is 0 Å². The summed E-state index contributed by atoms with van der Waals surface area (Å²) in [4.78, 5) is 8.89. The lowest BCUT2D eigenvalue weighted by Gasteiger charge is -2.31. The van der Waals surface area contributed by atoms with Gasteiger partial charge in [0.05, 0.1) is 0 Å². The van der Waals surface area contributed by atoms with E-state index in [0.29, 0.717) is 0 Å². The van der Waals surface area contributed by atoms with Crippen LogP contribution in [0.25, 0.3) is 0 Å². The van der Waals surface area contributed by atoms with Gasteiger partial charge in [-0.25, -0.2) is 0 Å². The van der Waals surface area contributed by atoms with Gasteiger partial charge >= 0.3 is 0 Å². The number of hydrogen-bond acceptors (Lipinski definition) is 2. The van der Waals surface area contributed by atoms with Crippen LogP contribution in [0, 0.1) is 5.92 Å². The highest BCUT2D eigenvalue weighted by Gasteiger charge is 2.16. The number of rotatable bonds is 5. The van der Waals surface area contributed by atoms with E-state index in [0.717, 1.165) is 44.4 Å². The van der Waals surface area contributed by atoms with Crippen LogP contribution in [0.15, 0.2) is 29.3 Å². The summed E-state index contributed by atoms with van der Waals surface area (Å²) in [6, 6.07) is 8.74. The van der Waals surface area contributed by atoms with Crippen LogP contribution < -0.4 is 10.6 Å². The molecule has 1 aliphatic heterocycles. The number of benzene rings is 1. The molecule has 0 radical (unpaired) electrons. The molecule has 0 aromatic heterocycles. The van der Waals surface area contributed by atoms with Gasteiger partial charge in [-0.3, -0.25) is 4.99 Å². The average Bonchev–Trinajstić information content (AvgIpc) is 2.52. The van der Waals surface area contributed by atoms with Crippen LogP contribution in [-0.4, -0.2) is 44.6 Å². The number of nitrogens with zero attached hydrogens (tertiary/aromatic N) is 3. The molecule has 0 spiro atoms.